The zero-order valence-corrected chi connectivity index (χ0v) is 13.3. The highest BCUT2D eigenvalue weighted by Gasteiger charge is 2.37. The highest BCUT2D eigenvalue weighted by Crippen LogP contribution is 2.40. The number of rotatable bonds is 5. The Balaban J connectivity index is 4.71. The summed E-state index contributed by atoms with van der Waals surface area (Å²) < 4.78 is 0.578. The van der Waals surface area contributed by atoms with Gasteiger partial charge in [0.15, 0.2) is 0 Å². The standard InChI is InChI=1S/C13H25IO/c1-9(2)11(15)13(6,7)8-12(4,5)10(3)14/h9-10H,8H2,1-7H3. The number of Topliss-reactive ketones (excluding diaryl/α,β-unsaturated/α-hetero) is 1. The van der Waals surface area contributed by atoms with Crippen LogP contribution in [0.4, 0.5) is 0 Å². The monoisotopic (exact) mass is 324 g/mol. The first-order valence-electron chi connectivity index (χ1n) is 5.69. The summed E-state index contributed by atoms with van der Waals surface area (Å²) in [7, 11) is 0. The van der Waals surface area contributed by atoms with Gasteiger partial charge in [0, 0.05) is 15.3 Å². The molecule has 0 fully saturated rings. The summed E-state index contributed by atoms with van der Waals surface area (Å²) in [5, 5.41) is 0. The summed E-state index contributed by atoms with van der Waals surface area (Å²) in [6, 6.07) is 0. The van der Waals surface area contributed by atoms with Crippen molar-refractivity contribution in [1.82, 2.24) is 0 Å². The minimum Gasteiger partial charge on any atom is -0.299 e. The van der Waals surface area contributed by atoms with E-state index in [1.165, 1.54) is 0 Å². The quantitative estimate of drug-likeness (QED) is 0.538. The van der Waals surface area contributed by atoms with Gasteiger partial charge in [0.05, 0.1) is 0 Å². The van der Waals surface area contributed by atoms with Crippen LogP contribution in [0, 0.1) is 16.7 Å². The molecule has 90 valence electrons. The van der Waals surface area contributed by atoms with Crippen LogP contribution in [0.15, 0.2) is 0 Å². The van der Waals surface area contributed by atoms with E-state index in [0.29, 0.717) is 9.71 Å². The Kier molecular flexibility index (Phi) is 5.29. The van der Waals surface area contributed by atoms with Crippen molar-refractivity contribution >= 4 is 28.4 Å². The molecular weight excluding hydrogens is 299 g/mol. The molecule has 0 rings (SSSR count). The Hall–Kier alpha value is 0.400. The second kappa shape index (κ2) is 5.15. The molecule has 0 radical (unpaired) electrons. The number of alkyl halides is 1. The van der Waals surface area contributed by atoms with Gasteiger partial charge in [-0.2, -0.15) is 0 Å². The normalized spacial score (nSPS) is 15.5. The number of halogens is 1. The van der Waals surface area contributed by atoms with Crippen molar-refractivity contribution in [3.05, 3.63) is 0 Å². The van der Waals surface area contributed by atoms with Gasteiger partial charge < -0.3 is 0 Å². The van der Waals surface area contributed by atoms with Gasteiger partial charge in [-0.25, -0.2) is 0 Å². The van der Waals surface area contributed by atoms with E-state index in [4.69, 9.17) is 0 Å². The summed E-state index contributed by atoms with van der Waals surface area (Å²) >= 11 is 2.45. The van der Waals surface area contributed by atoms with Crippen molar-refractivity contribution in [2.75, 3.05) is 0 Å². The van der Waals surface area contributed by atoms with Gasteiger partial charge in [-0.15, -0.1) is 0 Å². The van der Waals surface area contributed by atoms with Crippen LogP contribution in [-0.2, 0) is 4.79 Å². The lowest BCUT2D eigenvalue weighted by Crippen LogP contribution is -2.36. The fourth-order valence-electron chi connectivity index (χ4n) is 2.15. The van der Waals surface area contributed by atoms with Crippen molar-refractivity contribution in [3.63, 3.8) is 0 Å². The summed E-state index contributed by atoms with van der Waals surface area (Å²) in [5.41, 5.74) is 0.0196. The molecule has 0 N–H and O–H groups in total. The Morgan fingerprint density at radius 2 is 1.53 bits per heavy atom. The van der Waals surface area contributed by atoms with Gasteiger partial charge >= 0.3 is 0 Å². The predicted octanol–water partition coefficient (Wildman–Crippen LogP) is 4.48. The van der Waals surface area contributed by atoms with E-state index in [1.807, 2.05) is 13.8 Å². The SMILES string of the molecule is CC(C)C(=O)C(C)(C)CC(C)(C)C(C)I. The Morgan fingerprint density at radius 1 is 1.13 bits per heavy atom. The zero-order chi connectivity index (χ0) is 12.4. The molecule has 0 aliphatic heterocycles. The first-order chi connectivity index (χ1) is 6.50. The van der Waals surface area contributed by atoms with Crippen LogP contribution in [0.25, 0.3) is 0 Å². The highest BCUT2D eigenvalue weighted by atomic mass is 127. The van der Waals surface area contributed by atoms with Crippen LogP contribution in [0.5, 0.6) is 0 Å². The molecule has 1 nitrogen and oxygen atoms in total. The fraction of sp³-hybridized carbons (Fsp3) is 0.923. The number of carbonyl (C=O) groups is 1. The van der Waals surface area contributed by atoms with Gasteiger partial charge in [-0.1, -0.05) is 71.1 Å². The maximum Gasteiger partial charge on any atom is 0.141 e. The largest absolute Gasteiger partial charge is 0.299 e. The lowest BCUT2D eigenvalue weighted by molar-refractivity contribution is -0.131. The lowest BCUT2D eigenvalue weighted by Gasteiger charge is -2.37. The predicted molar refractivity (Wildman–Crippen MR) is 75.5 cm³/mol. The van der Waals surface area contributed by atoms with Crippen LogP contribution >= 0.6 is 22.6 Å². The molecule has 0 bridgehead atoms. The average molecular weight is 324 g/mol. The summed E-state index contributed by atoms with van der Waals surface area (Å²) in [6.45, 7) is 14.9. The molecule has 2 heteroatoms. The lowest BCUT2D eigenvalue weighted by atomic mass is 9.69. The minimum absolute atomic E-state index is 0.139. The second-order valence-corrected chi connectivity index (χ2v) is 8.05. The first-order valence-corrected chi connectivity index (χ1v) is 6.93. The number of ketones is 1. The number of hydrogen-bond donors (Lipinski definition) is 0. The van der Waals surface area contributed by atoms with Crippen molar-refractivity contribution in [1.29, 1.82) is 0 Å². The zero-order valence-electron chi connectivity index (χ0n) is 11.1. The maximum absolute atomic E-state index is 12.1. The van der Waals surface area contributed by atoms with Crippen LogP contribution in [0.1, 0.15) is 54.9 Å². The maximum atomic E-state index is 12.1. The highest BCUT2D eigenvalue weighted by molar-refractivity contribution is 14.1. The van der Waals surface area contributed by atoms with Gasteiger partial charge in [0.2, 0.25) is 0 Å². The molecule has 0 aromatic rings. The van der Waals surface area contributed by atoms with Crippen molar-refractivity contribution in [2.24, 2.45) is 16.7 Å². The second-order valence-electron chi connectivity index (χ2n) is 6.18. The van der Waals surface area contributed by atoms with Gasteiger partial charge in [-0.05, 0) is 11.8 Å². The van der Waals surface area contributed by atoms with Gasteiger partial charge in [-0.3, -0.25) is 4.79 Å². The molecule has 0 amide bonds. The first kappa shape index (κ1) is 15.4. The number of carbonyl (C=O) groups excluding carboxylic acids is 1. The molecule has 0 aromatic carbocycles. The van der Waals surface area contributed by atoms with Crippen molar-refractivity contribution in [2.45, 2.75) is 58.8 Å². The number of hydrogen-bond acceptors (Lipinski definition) is 1. The Bertz CT molecular complexity index is 227. The van der Waals surface area contributed by atoms with Crippen LogP contribution in [0.2, 0.25) is 0 Å². The molecule has 1 atom stereocenters. The summed E-state index contributed by atoms with van der Waals surface area (Å²) in [5.74, 6) is 0.521. The van der Waals surface area contributed by atoms with Crippen LogP contribution in [-0.4, -0.2) is 9.71 Å². The Labute approximate surface area is 109 Å². The molecule has 15 heavy (non-hydrogen) atoms. The Morgan fingerprint density at radius 3 is 1.80 bits per heavy atom. The molecule has 0 aliphatic carbocycles. The molecule has 0 spiro atoms. The van der Waals surface area contributed by atoms with Crippen LogP contribution < -0.4 is 0 Å². The molecule has 0 saturated carbocycles. The fourth-order valence-corrected chi connectivity index (χ4v) is 2.37. The molecule has 0 heterocycles. The van der Waals surface area contributed by atoms with E-state index >= 15 is 0 Å². The third-order valence-corrected chi connectivity index (χ3v) is 4.85. The van der Waals surface area contributed by atoms with Crippen molar-refractivity contribution < 1.29 is 4.79 Å². The summed E-state index contributed by atoms with van der Waals surface area (Å²) in [6.07, 6.45) is 0.959. The van der Waals surface area contributed by atoms with E-state index in [9.17, 15) is 4.79 Å². The van der Waals surface area contributed by atoms with Gasteiger partial charge in [0.25, 0.3) is 0 Å². The van der Waals surface area contributed by atoms with Crippen LogP contribution in [0.3, 0.4) is 0 Å². The molecule has 1 unspecified atom stereocenters. The van der Waals surface area contributed by atoms with Crippen molar-refractivity contribution in [3.8, 4) is 0 Å². The molecular formula is C13H25IO. The topological polar surface area (TPSA) is 17.1 Å². The van der Waals surface area contributed by atoms with E-state index in [-0.39, 0.29) is 16.7 Å². The van der Waals surface area contributed by atoms with E-state index in [1.54, 1.807) is 0 Å². The summed E-state index contributed by atoms with van der Waals surface area (Å²) in [4.78, 5) is 12.1. The third-order valence-electron chi connectivity index (χ3n) is 3.17. The molecule has 0 aliphatic rings. The van der Waals surface area contributed by atoms with E-state index in [0.717, 1.165) is 6.42 Å². The average Bonchev–Trinajstić information content (AvgIpc) is 2.00. The molecule has 0 aromatic heterocycles. The third kappa shape index (κ3) is 4.41. The van der Waals surface area contributed by atoms with E-state index in [2.05, 4.69) is 57.2 Å². The van der Waals surface area contributed by atoms with E-state index < -0.39 is 0 Å². The minimum atomic E-state index is -0.197. The van der Waals surface area contributed by atoms with Gasteiger partial charge in [0.1, 0.15) is 5.78 Å². The smallest absolute Gasteiger partial charge is 0.141 e. The molecule has 0 saturated heterocycles.